The quantitative estimate of drug-likeness (QED) is 0.688. The molecule has 8 heteroatoms. The van der Waals surface area contributed by atoms with Crippen LogP contribution in [0.2, 0.25) is 0 Å². The Morgan fingerprint density at radius 1 is 1.04 bits per heavy atom. The normalized spacial score (nSPS) is 12.4. The van der Waals surface area contributed by atoms with Gasteiger partial charge in [0, 0.05) is 5.56 Å². The number of phenolic OH excluding ortho intramolecular Hbond substituents is 2. The molecule has 26 heavy (non-hydrogen) atoms. The second-order valence-corrected chi connectivity index (χ2v) is 5.49. The van der Waals surface area contributed by atoms with Crippen LogP contribution in [-0.2, 0) is 0 Å². The average molecular weight is 358 g/mol. The van der Waals surface area contributed by atoms with Gasteiger partial charge >= 0.3 is 0 Å². The minimum Gasteiger partial charge on any atom is -0.504 e. The molecule has 0 fully saturated rings. The molecular formula is C18H14O8. The molecule has 0 saturated carbocycles. The van der Waals surface area contributed by atoms with E-state index < -0.39 is 16.9 Å². The summed E-state index contributed by atoms with van der Waals surface area (Å²) in [4.78, 5) is 12.9. The molecule has 0 radical (unpaired) electrons. The maximum absolute atomic E-state index is 12.9. The Balaban J connectivity index is 2.11. The lowest BCUT2D eigenvalue weighted by atomic mass is 10.1. The molecule has 1 aliphatic heterocycles. The molecule has 0 bridgehead atoms. The number of benzene rings is 2. The second-order valence-electron chi connectivity index (χ2n) is 5.49. The van der Waals surface area contributed by atoms with E-state index in [1.165, 1.54) is 14.2 Å². The number of rotatable bonds is 3. The van der Waals surface area contributed by atoms with Crippen LogP contribution in [0.15, 0.2) is 33.5 Å². The monoisotopic (exact) mass is 358 g/mol. The first-order valence-electron chi connectivity index (χ1n) is 7.59. The summed E-state index contributed by atoms with van der Waals surface area (Å²) in [5, 5.41) is 20.6. The van der Waals surface area contributed by atoms with Gasteiger partial charge < -0.3 is 33.6 Å². The SMILES string of the molecule is COc1cccc(-c2oc3c(O)c4c(c(O)c3c(=O)c2OC)OCO4)c1. The molecule has 2 aromatic carbocycles. The van der Waals surface area contributed by atoms with Crippen molar-refractivity contribution in [3.63, 3.8) is 0 Å². The summed E-state index contributed by atoms with van der Waals surface area (Å²) in [5.74, 6) is -0.607. The summed E-state index contributed by atoms with van der Waals surface area (Å²) in [7, 11) is 2.82. The van der Waals surface area contributed by atoms with Crippen molar-refractivity contribution in [2.75, 3.05) is 21.0 Å². The minimum atomic E-state index is -0.655. The van der Waals surface area contributed by atoms with Crippen LogP contribution in [0.1, 0.15) is 0 Å². The molecule has 3 aromatic rings. The first kappa shape index (κ1) is 15.9. The van der Waals surface area contributed by atoms with Crippen molar-refractivity contribution >= 4 is 11.0 Å². The number of ether oxygens (including phenoxy) is 4. The van der Waals surface area contributed by atoms with Gasteiger partial charge in [-0.25, -0.2) is 0 Å². The number of hydrogen-bond donors (Lipinski definition) is 2. The predicted molar refractivity (Wildman–Crippen MR) is 90.5 cm³/mol. The maximum Gasteiger partial charge on any atom is 0.239 e. The van der Waals surface area contributed by atoms with Gasteiger partial charge in [-0.1, -0.05) is 12.1 Å². The van der Waals surface area contributed by atoms with E-state index in [1.54, 1.807) is 24.3 Å². The third-order valence-corrected chi connectivity index (χ3v) is 4.10. The fourth-order valence-electron chi connectivity index (χ4n) is 2.89. The first-order valence-corrected chi connectivity index (χ1v) is 7.59. The summed E-state index contributed by atoms with van der Waals surface area (Å²) in [6, 6.07) is 6.79. The molecule has 0 aliphatic carbocycles. The van der Waals surface area contributed by atoms with Crippen molar-refractivity contribution in [1.29, 1.82) is 0 Å². The standard InChI is InChI=1S/C18H14O8/c1-22-9-5-3-4-8(6-9)14-16(23-2)11(19)10-12(20)17-18(25-7-24-17)13(21)15(10)26-14/h3-6,20-21H,7H2,1-2H3. The Kier molecular flexibility index (Phi) is 3.54. The Morgan fingerprint density at radius 2 is 1.77 bits per heavy atom. The second kappa shape index (κ2) is 5.76. The molecule has 1 aliphatic rings. The molecule has 2 heterocycles. The van der Waals surface area contributed by atoms with Gasteiger partial charge in [0.15, 0.2) is 17.1 Å². The van der Waals surface area contributed by atoms with Crippen molar-refractivity contribution in [2.45, 2.75) is 0 Å². The van der Waals surface area contributed by atoms with Gasteiger partial charge in [0.2, 0.25) is 35.2 Å². The third-order valence-electron chi connectivity index (χ3n) is 4.10. The lowest BCUT2D eigenvalue weighted by molar-refractivity contribution is 0.169. The highest BCUT2D eigenvalue weighted by Crippen LogP contribution is 2.52. The number of hydrogen-bond acceptors (Lipinski definition) is 8. The fraction of sp³-hybridized carbons (Fsp3) is 0.167. The highest BCUT2D eigenvalue weighted by molar-refractivity contribution is 5.96. The molecule has 4 rings (SSSR count). The van der Waals surface area contributed by atoms with Crippen LogP contribution in [0.5, 0.6) is 34.5 Å². The maximum atomic E-state index is 12.9. The Bertz CT molecular complexity index is 1080. The zero-order valence-corrected chi connectivity index (χ0v) is 13.9. The van der Waals surface area contributed by atoms with Gasteiger partial charge in [0.1, 0.15) is 11.1 Å². The van der Waals surface area contributed by atoms with Crippen LogP contribution in [0, 0.1) is 0 Å². The van der Waals surface area contributed by atoms with Crippen LogP contribution in [0.4, 0.5) is 0 Å². The van der Waals surface area contributed by atoms with E-state index in [0.717, 1.165) is 0 Å². The van der Waals surface area contributed by atoms with E-state index in [9.17, 15) is 15.0 Å². The molecule has 0 unspecified atom stereocenters. The molecule has 0 atom stereocenters. The van der Waals surface area contributed by atoms with E-state index in [1.807, 2.05) is 0 Å². The zero-order chi connectivity index (χ0) is 18.4. The molecule has 0 saturated heterocycles. The van der Waals surface area contributed by atoms with Crippen molar-refractivity contribution < 1.29 is 33.6 Å². The summed E-state index contributed by atoms with van der Waals surface area (Å²) < 4.78 is 26.4. The molecular weight excluding hydrogens is 344 g/mol. The van der Waals surface area contributed by atoms with Gasteiger partial charge in [-0.05, 0) is 12.1 Å². The highest BCUT2D eigenvalue weighted by Gasteiger charge is 2.31. The first-order chi connectivity index (χ1) is 12.6. The van der Waals surface area contributed by atoms with Crippen molar-refractivity contribution in [3.05, 3.63) is 34.5 Å². The van der Waals surface area contributed by atoms with Crippen molar-refractivity contribution in [3.8, 4) is 45.8 Å². The summed E-state index contributed by atoms with van der Waals surface area (Å²) in [5.41, 5.74) is -0.384. The molecule has 1 aromatic heterocycles. The summed E-state index contributed by atoms with van der Waals surface area (Å²) in [6.45, 7) is -0.194. The van der Waals surface area contributed by atoms with E-state index in [4.69, 9.17) is 23.4 Å². The molecule has 0 spiro atoms. The number of phenols is 2. The third kappa shape index (κ3) is 2.12. The molecule has 2 N–H and O–H groups in total. The lowest BCUT2D eigenvalue weighted by Gasteiger charge is -2.12. The van der Waals surface area contributed by atoms with Crippen LogP contribution >= 0.6 is 0 Å². The van der Waals surface area contributed by atoms with Crippen LogP contribution in [0.25, 0.3) is 22.3 Å². The van der Waals surface area contributed by atoms with Crippen molar-refractivity contribution in [2.24, 2.45) is 0 Å². The largest absolute Gasteiger partial charge is 0.504 e. The Hall–Kier alpha value is -3.55. The Morgan fingerprint density at radius 3 is 2.46 bits per heavy atom. The summed E-state index contributed by atoms with van der Waals surface area (Å²) in [6.07, 6.45) is 0. The van der Waals surface area contributed by atoms with Crippen LogP contribution < -0.4 is 24.4 Å². The zero-order valence-electron chi connectivity index (χ0n) is 13.9. The lowest BCUT2D eigenvalue weighted by Crippen LogP contribution is -2.08. The van der Waals surface area contributed by atoms with E-state index >= 15 is 0 Å². The smallest absolute Gasteiger partial charge is 0.239 e. The van der Waals surface area contributed by atoms with Gasteiger partial charge in [0.05, 0.1) is 14.2 Å². The van der Waals surface area contributed by atoms with E-state index in [2.05, 4.69) is 0 Å². The van der Waals surface area contributed by atoms with Gasteiger partial charge in [-0.2, -0.15) is 0 Å². The van der Waals surface area contributed by atoms with Crippen molar-refractivity contribution in [1.82, 2.24) is 0 Å². The molecule has 8 nitrogen and oxygen atoms in total. The fourth-order valence-corrected chi connectivity index (χ4v) is 2.89. The average Bonchev–Trinajstić information content (AvgIpc) is 3.16. The topological polar surface area (TPSA) is 108 Å². The number of fused-ring (bicyclic) bond motifs is 2. The Labute approximate surface area is 146 Å². The number of methoxy groups -OCH3 is 2. The summed E-state index contributed by atoms with van der Waals surface area (Å²) >= 11 is 0. The predicted octanol–water partition coefficient (Wildman–Crippen LogP) is 2.62. The minimum absolute atomic E-state index is 0.0810. The van der Waals surface area contributed by atoms with Gasteiger partial charge in [-0.3, -0.25) is 4.79 Å². The molecule has 134 valence electrons. The van der Waals surface area contributed by atoms with Gasteiger partial charge in [-0.15, -0.1) is 0 Å². The highest BCUT2D eigenvalue weighted by atomic mass is 16.7. The number of aromatic hydroxyl groups is 2. The van der Waals surface area contributed by atoms with Crippen LogP contribution in [-0.4, -0.2) is 31.2 Å². The molecule has 0 amide bonds. The van der Waals surface area contributed by atoms with Gasteiger partial charge in [0.25, 0.3) is 0 Å². The van der Waals surface area contributed by atoms with E-state index in [0.29, 0.717) is 11.3 Å². The van der Waals surface area contributed by atoms with Crippen LogP contribution in [0.3, 0.4) is 0 Å². The van der Waals surface area contributed by atoms with E-state index in [-0.39, 0.29) is 40.8 Å².